The Bertz CT molecular complexity index is 561. The molecule has 22 heavy (non-hydrogen) atoms. The zero-order chi connectivity index (χ0) is 16.1. The second-order valence-electron chi connectivity index (χ2n) is 5.61. The van der Waals surface area contributed by atoms with E-state index in [1.165, 1.54) is 6.92 Å². The van der Waals surface area contributed by atoms with E-state index in [0.717, 1.165) is 5.56 Å². The van der Waals surface area contributed by atoms with E-state index < -0.39 is 0 Å². The molecule has 0 radical (unpaired) electrons. The van der Waals surface area contributed by atoms with Gasteiger partial charge in [0.15, 0.2) is 0 Å². The van der Waals surface area contributed by atoms with Crippen LogP contribution in [0.3, 0.4) is 0 Å². The molecule has 1 aromatic rings. The van der Waals surface area contributed by atoms with Gasteiger partial charge in [0.1, 0.15) is 0 Å². The fraction of sp³-hybridized carbons (Fsp3) is 0.438. The van der Waals surface area contributed by atoms with Gasteiger partial charge >= 0.3 is 0 Å². The summed E-state index contributed by atoms with van der Waals surface area (Å²) in [5.41, 5.74) is 6.90. The smallest absolute Gasteiger partial charge is 0.226 e. The molecule has 1 aliphatic rings. The molecule has 0 spiro atoms. The molecule has 1 saturated heterocycles. The summed E-state index contributed by atoms with van der Waals surface area (Å²) >= 11 is 0. The summed E-state index contributed by atoms with van der Waals surface area (Å²) in [4.78, 5) is 36.1. The van der Waals surface area contributed by atoms with E-state index in [9.17, 15) is 14.4 Å². The zero-order valence-electron chi connectivity index (χ0n) is 12.7. The van der Waals surface area contributed by atoms with Crippen molar-refractivity contribution < 1.29 is 14.4 Å². The summed E-state index contributed by atoms with van der Waals surface area (Å²) in [7, 11) is 0. The minimum atomic E-state index is -0.277. The standard InChI is InChI=1S/C16H21N3O3/c1-11(20)18-14-4-2-12(3-5-14)10-15(21)19-8-6-13(7-9-19)16(17)22/h2-5,13H,6-10H2,1H3,(H2,17,22)(H,18,20). The minimum Gasteiger partial charge on any atom is -0.369 e. The van der Waals surface area contributed by atoms with Crippen molar-refractivity contribution in [3.8, 4) is 0 Å². The van der Waals surface area contributed by atoms with Crippen LogP contribution < -0.4 is 11.1 Å². The fourth-order valence-electron chi connectivity index (χ4n) is 2.61. The molecule has 0 aromatic heterocycles. The van der Waals surface area contributed by atoms with Gasteiger partial charge in [-0.05, 0) is 30.5 Å². The Morgan fingerprint density at radius 1 is 1.18 bits per heavy atom. The number of carbonyl (C=O) groups is 3. The molecule has 3 N–H and O–H groups in total. The van der Waals surface area contributed by atoms with Crippen LogP contribution in [0, 0.1) is 5.92 Å². The monoisotopic (exact) mass is 303 g/mol. The summed E-state index contributed by atoms with van der Waals surface area (Å²) < 4.78 is 0. The van der Waals surface area contributed by atoms with Gasteiger partial charge in [-0.2, -0.15) is 0 Å². The van der Waals surface area contributed by atoms with Gasteiger partial charge in [-0.3, -0.25) is 14.4 Å². The highest BCUT2D eigenvalue weighted by Gasteiger charge is 2.25. The first-order chi connectivity index (χ1) is 10.5. The molecule has 0 aliphatic carbocycles. The van der Waals surface area contributed by atoms with Crippen LogP contribution in [0.4, 0.5) is 5.69 Å². The Morgan fingerprint density at radius 2 is 1.77 bits per heavy atom. The number of anilines is 1. The van der Waals surface area contributed by atoms with E-state index in [4.69, 9.17) is 5.73 Å². The van der Waals surface area contributed by atoms with Crippen molar-refractivity contribution in [3.63, 3.8) is 0 Å². The molecule has 1 aromatic carbocycles. The van der Waals surface area contributed by atoms with Crippen molar-refractivity contribution in [2.45, 2.75) is 26.2 Å². The van der Waals surface area contributed by atoms with Gasteiger partial charge in [-0.25, -0.2) is 0 Å². The highest BCUT2D eigenvalue weighted by atomic mass is 16.2. The van der Waals surface area contributed by atoms with Crippen molar-refractivity contribution in [2.24, 2.45) is 11.7 Å². The quantitative estimate of drug-likeness (QED) is 0.866. The number of carbonyl (C=O) groups excluding carboxylic acids is 3. The van der Waals surface area contributed by atoms with E-state index >= 15 is 0 Å². The molecular weight excluding hydrogens is 282 g/mol. The number of benzene rings is 1. The highest BCUT2D eigenvalue weighted by molar-refractivity contribution is 5.88. The topological polar surface area (TPSA) is 92.5 Å². The predicted octanol–water partition coefficient (Wildman–Crippen LogP) is 0.911. The van der Waals surface area contributed by atoms with Crippen LogP contribution in [-0.2, 0) is 20.8 Å². The lowest BCUT2D eigenvalue weighted by Gasteiger charge is -2.30. The lowest BCUT2D eigenvalue weighted by atomic mass is 9.96. The lowest BCUT2D eigenvalue weighted by Crippen LogP contribution is -2.42. The first kappa shape index (κ1) is 16.0. The molecule has 118 valence electrons. The maximum absolute atomic E-state index is 12.2. The van der Waals surface area contributed by atoms with Crippen molar-refractivity contribution in [1.82, 2.24) is 4.90 Å². The number of hydrogen-bond donors (Lipinski definition) is 2. The van der Waals surface area contributed by atoms with Crippen LogP contribution in [-0.4, -0.2) is 35.7 Å². The van der Waals surface area contributed by atoms with E-state index in [1.807, 2.05) is 12.1 Å². The van der Waals surface area contributed by atoms with E-state index in [2.05, 4.69) is 5.32 Å². The molecule has 0 unspecified atom stereocenters. The number of likely N-dealkylation sites (tertiary alicyclic amines) is 1. The Balaban J connectivity index is 1.87. The number of nitrogens with one attached hydrogen (secondary N) is 1. The molecule has 0 atom stereocenters. The molecule has 6 nitrogen and oxygen atoms in total. The number of nitrogens with zero attached hydrogens (tertiary/aromatic N) is 1. The molecule has 1 fully saturated rings. The Labute approximate surface area is 129 Å². The summed E-state index contributed by atoms with van der Waals surface area (Å²) in [5.74, 6) is -0.460. The summed E-state index contributed by atoms with van der Waals surface area (Å²) in [5, 5.41) is 2.69. The molecule has 3 amide bonds. The van der Waals surface area contributed by atoms with E-state index in [-0.39, 0.29) is 23.6 Å². The second kappa shape index (κ2) is 7.06. The Morgan fingerprint density at radius 3 is 2.27 bits per heavy atom. The third-order valence-corrected chi connectivity index (χ3v) is 3.88. The van der Waals surface area contributed by atoms with Crippen LogP contribution in [0.15, 0.2) is 24.3 Å². The average molecular weight is 303 g/mol. The van der Waals surface area contributed by atoms with Gasteiger partial charge in [0.2, 0.25) is 17.7 Å². The van der Waals surface area contributed by atoms with Crippen LogP contribution in [0.5, 0.6) is 0 Å². The maximum atomic E-state index is 12.2. The van der Waals surface area contributed by atoms with Gasteiger partial charge in [0.25, 0.3) is 0 Å². The Kier molecular flexibility index (Phi) is 5.14. The number of piperidine rings is 1. The summed E-state index contributed by atoms with van der Waals surface area (Å²) in [6.45, 7) is 2.61. The van der Waals surface area contributed by atoms with Crippen LogP contribution >= 0.6 is 0 Å². The maximum Gasteiger partial charge on any atom is 0.226 e. The summed E-state index contributed by atoms with van der Waals surface area (Å²) in [6, 6.07) is 7.23. The highest BCUT2D eigenvalue weighted by Crippen LogP contribution is 2.18. The number of hydrogen-bond acceptors (Lipinski definition) is 3. The summed E-state index contributed by atoms with van der Waals surface area (Å²) in [6.07, 6.45) is 1.60. The van der Waals surface area contributed by atoms with Crippen molar-refractivity contribution in [2.75, 3.05) is 18.4 Å². The number of nitrogens with two attached hydrogens (primary N) is 1. The van der Waals surface area contributed by atoms with Crippen LogP contribution in [0.2, 0.25) is 0 Å². The van der Waals surface area contributed by atoms with Gasteiger partial charge in [0, 0.05) is 31.6 Å². The molecule has 6 heteroatoms. The molecule has 1 heterocycles. The van der Waals surface area contributed by atoms with Gasteiger partial charge in [-0.1, -0.05) is 12.1 Å². The minimum absolute atomic E-state index is 0.0511. The van der Waals surface area contributed by atoms with Crippen molar-refractivity contribution in [3.05, 3.63) is 29.8 Å². The number of amides is 3. The predicted molar refractivity (Wildman–Crippen MR) is 82.9 cm³/mol. The van der Waals surface area contributed by atoms with Crippen molar-refractivity contribution >= 4 is 23.4 Å². The Hall–Kier alpha value is -2.37. The molecular formula is C16H21N3O3. The third kappa shape index (κ3) is 4.31. The lowest BCUT2D eigenvalue weighted by molar-refractivity contribution is -0.134. The van der Waals surface area contributed by atoms with Gasteiger partial charge in [-0.15, -0.1) is 0 Å². The van der Waals surface area contributed by atoms with Gasteiger partial charge in [0.05, 0.1) is 6.42 Å². The number of rotatable bonds is 4. The first-order valence-corrected chi connectivity index (χ1v) is 7.39. The molecule has 2 rings (SSSR count). The van der Waals surface area contributed by atoms with Crippen molar-refractivity contribution in [1.29, 1.82) is 0 Å². The fourth-order valence-corrected chi connectivity index (χ4v) is 2.61. The SMILES string of the molecule is CC(=O)Nc1ccc(CC(=O)N2CCC(C(N)=O)CC2)cc1. The van der Waals surface area contributed by atoms with E-state index in [0.29, 0.717) is 38.0 Å². The molecule has 0 saturated carbocycles. The normalized spacial score (nSPS) is 15.4. The van der Waals surface area contributed by atoms with E-state index in [1.54, 1.807) is 17.0 Å². The molecule has 1 aliphatic heterocycles. The van der Waals surface area contributed by atoms with Crippen LogP contribution in [0.1, 0.15) is 25.3 Å². The first-order valence-electron chi connectivity index (χ1n) is 7.39. The molecule has 0 bridgehead atoms. The number of primary amides is 1. The largest absolute Gasteiger partial charge is 0.369 e. The van der Waals surface area contributed by atoms with Crippen LogP contribution in [0.25, 0.3) is 0 Å². The second-order valence-corrected chi connectivity index (χ2v) is 5.61. The average Bonchev–Trinajstić information content (AvgIpc) is 2.49. The zero-order valence-corrected chi connectivity index (χ0v) is 12.7. The van der Waals surface area contributed by atoms with Gasteiger partial charge < -0.3 is 16.0 Å². The third-order valence-electron chi connectivity index (χ3n) is 3.88.